The molecular weight excluding hydrogens is 368 g/mol. The summed E-state index contributed by atoms with van der Waals surface area (Å²) in [6.07, 6.45) is 1.70. The van der Waals surface area contributed by atoms with Crippen LogP contribution in [0.4, 0.5) is 0 Å². The van der Waals surface area contributed by atoms with E-state index in [1.807, 2.05) is 53.9 Å². The van der Waals surface area contributed by atoms with Gasteiger partial charge < -0.3 is 10.6 Å². The highest BCUT2D eigenvalue weighted by atomic mass is 32.1. The van der Waals surface area contributed by atoms with Crippen LogP contribution in [0.15, 0.2) is 83.9 Å². The van der Waals surface area contributed by atoms with Crippen molar-refractivity contribution < 1.29 is 9.59 Å². The summed E-state index contributed by atoms with van der Waals surface area (Å²) >= 11 is 1.51. The highest BCUT2D eigenvalue weighted by Gasteiger charge is 2.16. The van der Waals surface area contributed by atoms with E-state index in [2.05, 4.69) is 17.6 Å². The first-order chi connectivity index (χ1) is 13.6. The fourth-order valence-electron chi connectivity index (χ4n) is 2.70. The van der Waals surface area contributed by atoms with E-state index < -0.39 is 0 Å². The van der Waals surface area contributed by atoms with Crippen molar-refractivity contribution in [1.29, 1.82) is 0 Å². The van der Waals surface area contributed by atoms with Gasteiger partial charge in [0.1, 0.15) is 5.70 Å². The van der Waals surface area contributed by atoms with Crippen LogP contribution in [0.2, 0.25) is 0 Å². The van der Waals surface area contributed by atoms with E-state index in [1.165, 1.54) is 11.3 Å². The number of carbonyl (C=O) groups is 2. The SMILES string of the molecule is C[C@@H](CNC(=O)/C(=C/c1cccs1)NC(=O)c1ccccc1)c1ccccc1. The third kappa shape index (κ3) is 5.41. The summed E-state index contributed by atoms with van der Waals surface area (Å²) in [5.74, 6) is -0.451. The van der Waals surface area contributed by atoms with E-state index in [4.69, 9.17) is 0 Å². The Morgan fingerprint density at radius 2 is 1.64 bits per heavy atom. The molecule has 0 saturated heterocycles. The number of hydrogen-bond donors (Lipinski definition) is 2. The number of nitrogens with one attached hydrogen (secondary N) is 2. The molecule has 4 nitrogen and oxygen atoms in total. The second-order valence-corrected chi connectivity index (χ2v) is 7.39. The van der Waals surface area contributed by atoms with Crippen LogP contribution in [0.5, 0.6) is 0 Å². The van der Waals surface area contributed by atoms with Crippen molar-refractivity contribution in [3.8, 4) is 0 Å². The van der Waals surface area contributed by atoms with Gasteiger partial charge in [0, 0.05) is 17.0 Å². The number of benzene rings is 2. The Kier molecular flexibility index (Phi) is 6.76. The lowest BCUT2D eigenvalue weighted by atomic mass is 10.0. The van der Waals surface area contributed by atoms with Crippen LogP contribution in [0.25, 0.3) is 6.08 Å². The summed E-state index contributed by atoms with van der Waals surface area (Å²) in [5.41, 5.74) is 1.89. The van der Waals surface area contributed by atoms with Gasteiger partial charge >= 0.3 is 0 Å². The normalized spacial score (nSPS) is 12.2. The summed E-state index contributed by atoms with van der Waals surface area (Å²) in [6, 6.07) is 22.7. The maximum atomic E-state index is 12.8. The van der Waals surface area contributed by atoms with Crippen molar-refractivity contribution in [1.82, 2.24) is 10.6 Å². The molecule has 5 heteroatoms. The van der Waals surface area contributed by atoms with E-state index in [0.29, 0.717) is 12.1 Å². The predicted molar refractivity (Wildman–Crippen MR) is 114 cm³/mol. The molecule has 2 N–H and O–H groups in total. The molecule has 3 rings (SSSR count). The lowest BCUT2D eigenvalue weighted by Gasteiger charge is -2.15. The Morgan fingerprint density at radius 3 is 2.29 bits per heavy atom. The molecule has 3 aromatic rings. The van der Waals surface area contributed by atoms with Crippen molar-refractivity contribution in [2.45, 2.75) is 12.8 Å². The van der Waals surface area contributed by atoms with Gasteiger partial charge in [0.15, 0.2) is 0 Å². The molecule has 28 heavy (non-hydrogen) atoms. The van der Waals surface area contributed by atoms with Crippen molar-refractivity contribution >= 4 is 29.2 Å². The molecule has 0 unspecified atom stereocenters. The minimum Gasteiger partial charge on any atom is -0.350 e. The lowest BCUT2D eigenvalue weighted by molar-refractivity contribution is -0.117. The number of rotatable bonds is 7. The molecule has 2 aromatic carbocycles. The minimum absolute atomic E-state index is 0.165. The first kappa shape index (κ1) is 19.6. The average Bonchev–Trinajstić information content (AvgIpc) is 3.25. The smallest absolute Gasteiger partial charge is 0.267 e. The Hall–Kier alpha value is -3.18. The molecule has 0 bridgehead atoms. The molecule has 0 saturated carbocycles. The van der Waals surface area contributed by atoms with Gasteiger partial charge in [-0.25, -0.2) is 0 Å². The number of thiophene rings is 1. The molecule has 1 atom stereocenters. The topological polar surface area (TPSA) is 58.2 Å². The molecule has 0 aliphatic rings. The van der Waals surface area contributed by atoms with Gasteiger partial charge in [-0.15, -0.1) is 11.3 Å². The van der Waals surface area contributed by atoms with Gasteiger partial charge in [0.2, 0.25) is 0 Å². The second kappa shape index (κ2) is 9.67. The van der Waals surface area contributed by atoms with Gasteiger partial charge in [-0.3, -0.25) is 9.59 Å². The quantitative estimate of drug-likeness (QED) is 0.586. The summed E-state index contributed by atoms with van der Waals surface area (Å²) in [7, 11) is 0. The third-order valence-corrected chi connectivity index (χ3v) is 5.12. The van der Waals surface area contributed by atoms with Gasteiger partial charge in [0.25, 0.3) is 11.8 Å². The largest absolute Gasteiger partial charge is 0.350 e. The maximum Gasteiger partial charge on any atom is 0.267 e. The van der Waals surface area contributed by atoms with E-state index in [9.17, 15) is 9.59 Å². The van der Waals surface area contributed by atoms with Gasteiger partial charge in [-0.05, 0) is 41.1 Å². The molecule has 0 spiro atoms. The standard InChI is InChI=1S/C23H22N2O2S/c1-17(18-9-4-2-5-10-18)16-24-23(27)21(15-20-13-8-14-28-20)25-22(26)19-11-6-3-7-12-19/h2-15,17H,16H2,1H3,(H,24,27)(H,25,26)/b21-15-/t17-/m0/s1. The fourth-order valence-corrected chi connectivity index (χ4v) is 3.36. The first-order valence-corrected chi connectivity index (χ1v) is 9.96. The van der Waals surface area contributed by atoms with Crippen LogP contribution in [-0.2, 0) is 4.79 Å². The molecule has 0 aliphatic carbocycles. The molecule has 1 heterocycles. The predicted octanol–water partition coefficient (Wildman–Crippen LogP) is 4.44. The first-order valence-electron chi connectivity index (χ1n) is 9.08. The van der Waals surface area contributed by atoms with Gasteiger partial charge in [-0.1, -0.05) is 61.5 Å². The van der Waals surface area contributed by atoms with Crippen LogP contribution < -0.4 is 10.6 Å². The molecule has 1 aromatic heterocycles. The molecule has 2 amide bonds. The van der Waals surface area contributed by atoms with Crippen LogP contribution in [0.3, 0.4) is 0 Å². The van der Waals surface area contributed by atoms with E-state index in [-0.39, 0.29) is 23.4 Å². The van der Waals surface area contributed by atoms with E-state index in [1.54, 1.807) is 30.3 Å². The van der Waals surface area contributed by atoms with Crippen molar-refractivity contribution in [2.75, 3.05) is 6.54 Å². The Balaban J connectivity index is 1.71. The molecule has 142 valence electrons. The average molecular weight is 391 g/mol. The van der Waals surface area contributed by atoms with Crippen molar-refractivity contribution in [2.24, 2.45) is 0 Å². The monoisotopic (exact) mass is 390 g/mol. The minimum atomic E-state index is -0.310. The Bertz CT molecular complexity index is 935. The van der Waals surface area contributed by atoms with Crippen molar-refractivity contribution in [3.63, 3.8) is 0 Å². The van der Waals surface area contributed by atoms with Crippen LogP contribution in [0, 0.1) is 0 Å². The third-order valence-electron chi connectivity index (χ3n) is 4.30. The molecule has 0 fully saturated rings. The zero-order valence-corrected chi connectivity index (χ0v) is 16.4. The van der Waals surface area contributed by atoms with E-state index >= 15 is 0 Å². The highest BCUT2D eigenvalue weighted by Crippen LogP contribution is 2.15. The summed E-state index contributed by atoms with van der Waals surface area (Å²) in [5, 5.41) is 7.61. The maximum absolute atomic E-state index is 12.8. The van der Waals surface area contributed by atoms with E-state index in [0.717, 1.165) is 10.4 Å². The zero-order chi connectivity index (χ0) is 19.8. The number of carbonyl (C=O) groups excluding carboxylic acids is 2. The van der Waals surface area contributed by atoms with Crippen LogP contribution >= 0.6 is 11.3 Å². The fraction of sp³-hybridized carbons (Fsp3) is 0.130. The molecule has 0 aliphatic heterocycles. The second-order valence-electron chi connectivity index (χ2n) is 6.42. The van der Waals surface area contributed by atoms with Crippen LogP contribution in [0.1, 0.15) is 33.6 Å². The highest BCUT2D eigenvalue weighted by molar-refractivity contribution is 7.10. The Labute approximate surface area is 168 Å². The Morgan fingerprint density at radius 1 is 0.964 bits per heavy atom. The summed E-state index contributed by atoms with van der Waals surface area (Å²) in [4.78, 5) is 26.2. The van der Waals surface area contributed by atoms with Gasteiger partial charge in [0.05, 0.1) is 0 Å². The van der Waals surface area contributed by atoms with Gasteiger partial charge in [-0.2, -0.15) is 0 Å². The summed E-state index contributed by atoms with van der Waals surface area (Å²) < 4.78 is 0. The zero-order valence-electron chi connectivity index (χ0n) is 15.6. The number of hydrogen-bond acceptors (Lipinski definition) is 3. The molecule has 0 radical (unpaired) electrons. The van der Waals surface area contributed by atoms with Crippen molar-refractivity contribution in [3.05, 3.63) is 99.9 Å². The molecular formula is C23H22N2O2S. The number of amides is 2. The lowest BCUT2D eigenvalue weighted by Crippen LogP contribution is -2.36. The summed E-state index contributed by atoms with van der Waals surface area (Å²) in [6.45, 7) is 2.53. The van der Waals surface area contributed by atoms with Crippen LogP contribution in [-0.4, -0.2) is 18.4 Å².